The van der Waals surface area contributed by atoms with Gasteiger partial charge in [-0.05, 0) is 54.3 Å². The van der Waals surface area contributed by atoms with Gasteiger partial charge in [0.05, 0.1) is 11.1 Å². The maximum atomic E-state index is 13.7. The highest BCUT2D eigenvalue weighted by atomic mass is 35.5. The summed E-state index contributed by atoms with van der Waals surface area (Å²) in [7, 11) is 1.82. The fourth-order valence-corrected chi connectivity index (χ4v) is 4.72. The Morgan fingerprint density at radius 1 is 1.11 bits per heavy atom. The van der Waals surface area contributed by atoms with Crippen LogP contribution in [0.5, 0.6) is 0 Å². The number of amides is 2. The number of aliphatic imine (C=N–C) groups is 1. The first kappa shape index (κ1) is 28.0. The summed E-state index contributed by atoms with van der Waals surface area (Å²) in [5.41, 5.74) is 13.9. The molecule has 3 atom stereocenters. The van der Waals surface area contributed by atoms with Crippen LogP contribution in [0.3, 0.4) is 0 Å². The Labute approximate surface area is 218 Å². The SMILES string of the molecule is CNCc1ccc2c(c1)[C@@H](CCC(=O)CO)[C@H](CN=C(N)N)[C@H]2NC(=O)C(=O)Nc1ccc(Cl)c(F)c1. The molecule has 0 aromatic heterocycles. The molecule has 1 aliphatic rings. The van der Waals surface area contributed by atoms with Crippen LogP contribution in [0.25, 0.3) is 0 Å². The van der Waals surface area contributed by atoms with Crippen LogP contribution in [-0.2, 0) is 20.9 Å². The zero-order chi connectivity index (χ0) is 27.1. The van der Waals surface area contributed by atoms with E-state index in [1.807, 2.05) is 25.2 Å². The van der Waals surface area contributed by atoms with Crippen LogP contribution in [-0.4, -0.2) is 48.9 Å². The molecule has 0 saturated carbocycles. The van der Waals surface area contributed by atoms with Crippen molar-refractivity contribution in [2.45, 2.75) is 31.3 Å². The number of nitrogens with one attached hydrogen (secondary N) is 3. The second-order valence-corrected chi connectivity index (χ2v) is 9.21. The van der Waals surface area contributed by atoms with E-state index in [0.29, 0.717) is 13.0 Å². The average molecular weight is 533 g/mol. The molecule has 198 valence electrons. The van der Waals surface area contributed by atoms with Crippen molar-refractivity contribution in [1.82, 2.24) is 10.6 Å². The van der Waals surface area contributed by atoms with Gasteiger partial charge in [-0.1, -0.05) is 29.8 Å². The van der Waals surface area contributed by atoms with Gasteiger partial charge in [-0.3, -0.25) is 19.4 Å². The third kappa shape index (κ3) is 7.03. The van der Waals surface area contributed by atoms with Crippen molar-refractivity contribution in [2.75, 3.05) is 25.5 Å². The highest BCUT2D eigenvalue weighted by molar-refractivity contribution is 6.39. The molecule has 2 aromatic carbocycles. The molecule has 0 heterocycles. The van der Waals surface area contributed by atoms with Gasteiger partial charge < -0.3 is 32.5 Å². The molecule has 0 aliphatic heterocycles. The number of fused-ring (bicyclic) bond motifs is 1. The van der Waals surface area contributed by atoms with E-state index in [9.17, 15) is 23.9 Å². The number of guanidine groups is 1. The van der Waals surface area contributed by atoms with E-state index in [1.54, 1.807) is 0 Å². The number of nitrogens with two attached hydrogens (primary N) is 2. The van der Waals surface area contributed by atoms with Gasteiger partial charge in [-0.25, -0.2) is 4.39 Å². The fraction of sp³-hybridized carbons (Fsp3) is 0.360. The van der Waals surface area contributed by atoms with Crippen molar-refractivity contribution in [1.29, 1.82) is 0 Å². The smallest absolute Gasteiger partial charge is 0.313 e. The summed E-state index contributed by atoms with van der Waals surface area (Å²) < 4.78 is 13.7. The van der Waals surface area contributed by atoms with E-state index in [1.165, 1.54) is 12.1 Å². The van der Waals surface area contributed by atoms with Crippen LogP contribution < -0.4 is 27.4 Å². The van der Waals surface area contributed by atoms with Crippen molar-refractivity contribution in [3.63, 3.8) is 0 Å². The largest absolute Gasteiger partial charge is 0.389 e. The number of aliphatic hydroxyl groups excluding tert-OH is 1. The summed E-state index contributed by atoms with van der Waals surface area (Å²) in [5.74, 6) is -3.72. The lowest BCUT2D eigenvalue weighted by atomic mass is 9.86. The lowest BCUT2D eigenvalue weighted by Gasteiger charge is -2.25. The van der Waals surface area contributed by atoms with E-state index in [2.05, 4.69) is 20.9 Å². The van der Waals surface area contributed by atoms with Crippen molar-refractivity contribution in [3.05, 3.63) is 63.9 Å². The van der Waals surface area contributed by atoms with Gasteiger partial charge in [-0.2, -0.15) is 0 Å². The van der Waals surface area contributed by atoms with Gasteiger partial charge in [0.2, 0.25) is 0 Å². The molecule has 1 aliphatic carbocycles. The van der Waals surface area contributed by atoms with Crippen LogP contribution in [0.4, 0.5) is 10.1 Å². The molecule has 2 aromatic rings. The molecule has 0 radical (unpaired) electrons. The average Bonchev–Trinajstić information content (AvgIpc) is 3.14. The number of ketones is 1. The zero-order valence-electron chi connectivity index (χ0n) is 20.3. The summed E-state index contributed by atoms with van der Waals surface area (Å²) in [6, 6.07) is 8.78. The minimum absolute atomic E-state index is 0.0722. The molecular formula is C25H30ClFN6O4. The summed E-state index contributed by atoms with van der Waals surface area (Å²) in [5, 5.41) is 17.3. The number of hydrogen-bond acceptors (Lipinski definition) is 6. The molecule has 0 unspecified atom stereocenters. The Kier molecular flexibility index (Phi) is 9.56. The number of carbonyl (C=O) groups is 3. The van der Waals surface area contributed by atoms with E-state index in [-0.39, 0.29) is 47.3 Å². The first-order valence-electron chi connectivity index (χ1n) is 11.7. The van der Waals surface area contributed by atoms with Gasteiger partial charge in [-0.15, -0.1) is 0 Å². The molecule has 0 fully saturated rings. The third-order valence-electron chi connectivity index (χ3n) is 6.28. The second-order valence-electron chi connectivity index (χ2n) is 8.80. The van der Waals surface area contributed by atoms with Gasteiger partial charge in [0.15, 0.2) is 11.7 Å². The molecular weight excluding hydrogens is 503 g/mol. The number of Topliss-reactive ketones (excluding diaryl/α,β-unsaturated/α-hetero) is 1. The predicted molar refractivity (Wildman–Crippen MR) is 138 cm³/mol. The van der Waals surface area contributed by atoms with Crippen LogP contribution in [0.1, 0.15) is 41.5 Å². The van der Waals surface area contributed by atoms with Gasteiger partial charge in [0.1, 0.15) is 12.4 Å². The van der Waals surface area contributed by atoms with E-state index in [0.717, 1.165) is 22.8 Å². The van der Waals surface area contributed by atoms with Crippen molar-refractivity contribution < 1.29 is 23.9 Å². The normalized spacial score (nSPS) is 18.1. The monoisotopic (exact) mass is 532 g/mol. The van der Waals surface area contributed by atoms with Crippen LogP contribution in [0.15, 0.2) is 41.4 Å². The number of hydrogen-bond donors (Lipinski definition) is 6. The van der Waals surface area contributed by atoms with Gasteiger partial charge in [0, 0.05) is 31.1 Å². The highest BCUT2D eigenvalue weighted by Gasteiger charge is 2.42. The molecule has 37 heavy (non-hydrogen) atoms. The topological polar surface area (TPSA) is 172 Å². The van der Waals surface area contributed by atoms with Crippen molar-refractivity contribution >= 4 is 40.8 Å². The number of carbonyl (C=O) groups excluding carboxylic acids is 3. The van der Waals surface area contributed by atoms with Gasteiger partial charge >= 0.3 is 11.8 Å². The highest BCUT2D eigenvalue weighted by Crippen LogP contribution is 2.48. The number of benzene rings is 2. The number of aliphatic hydroxyl groups is 1. The zero-order valence-corrected chi connectivity index (χ0v) is 21.0. The Morgan fingerprint density at radius 3 is 2.51 bits per heavy atom. The number of nitrogens with zero attached hydrogens (tertiary/aromatic N) is 1. The Bertz CT molecular complexity index is 1200. The standard InChI is InChI=1S/C25H30ClFN6O4/c1-30-10-13-2-5-17-18(8-13)16(6-4-15(35)12-34)19(11-31-25(28)29)22(17)33-24(37)23(36)32-14-3-7-20(26)21(27)9-14/h2-3,5,7-9,16,19,22,30,34H,4,6,10-12H2,1H3,(H,32,36)(H,33,37)(H4,28,29,31)/t16-,19+,22+/m1/s1. The molecule has 3 rings (SSSR count). The van der Waals surface area contributed by atoms with Crippen molar-refractivity contribution in [3.8, 4) is 0 Å². The summed E-state index contributed by atoms with van der Waals surface area (Å²) in [6.45, 7) is 0.167. The Morgan fingerprint density at radius 2 is 1.86 bits per heavy atom. The minimum atomic E-state index is -0.991. The lowest BCUT2D eigenvalue weighted by Crippen LogP contribution is -2.40. The lowest BCUT2D eigenvalue weighted by molar-refractivity contribution is -0.136. The Hall–Kier alpha value is -3.54. The van der Waals surface area contributed by atoms with E-state index < -0.39 is 30.3 Å². The van der Waals surface area contributed by atoms with Crippen LogP contribution in [0, 0.1) is 11.7 Å². The summed E-state index contributed by atoms with van der Waals surface area (Å²) in [6.07, 6.45) is 0.515. The molecule has 2 amide bonds. The summed E-state index contributed by atoms with van der Waals surface area (Å²) in [4.78, 5) is 41.6. The molecule has 8 N–H and O–H groups in total. The minimum Gasteiger partial charge on any atom is -0.389 e. The third-order valence-corrected chi connectivity index (χ3v) is 6.58. The molecule has 0 spiro atoms. The fourth-order valence-electron chi connectivity index (χ4n) is 4.60. The molecule has 0 saturated heterocycles. The number of rotatable bonds is 10. The first-order valence-corrected chi connectivity index (χ1v) is 12.0. The van der Waals surface area contributed by atoms with Crippen LogP contribution >= 0.6 is 11.6 Å². The molecule has 0 bridgehead atoms. The predicted octanol–water partition coefficient (Wildman–Crippen LogP) is 1.32. The van der Waals surface area contributed by atoms with E-state index in [4.69, 9.17) is 23.1 Å². The maximum absolute atomic E-state index is 13.7. The molecule has 12 heteroatoms. The molecule has 10 nitrogen and oxygen atoms in total. The maximum Gasteiger partial charge on any atom is 0.313 e. The quantitative estimate of drug-likeness (QED) is 0.152. The first-order chi connectivity index (χ1) is 17.6. The van der Waals surface area contributed by atoms with Crippen LogP contribution in [0.2, 0.25) is 5.02 Å². The van der Waals surface area contributed by atoms with E-state index >= 15 is 0 Å². The van der Waals surface area contributed by atoms with Gasteiger partial charge in [0.25, 0.3) is 0 Å². The number of halogens is 2. The second kappa shape index (κ2) is 12.6. The Balaban J connectivity index is 1.91. The summed E-state index contributed by atoms with van der Waals surface area (Å²) >= 11 is 5.67. The van der Waals surface area contributed by atoms with Crippen molar-refractivity contribution in [2.24, 2.45) is 22.4 Å². The number of anilines is 1.